The van der Waals surface area contributed by atoms with Crippen LogP contribution in [0.15, 0.2) is 0 Å². The third-order valence-electron chi connectivity index (χ3n) is 3.06. The quantitative estimate of drug-likeness (QED) is 0.555. The highest BCUT2D eigenvalue weighted by Gasteiger charge is 2.25. The van der Waals surface area contributed by atoms with E-state index >= 15 is 0 Å². The largest absolute Gasteiger partial charge is 0.480 e. The summed E-state index contributed by atoms with van der Waals surface area (Å²) >= 11 is 0. The van der Waals surface area contributed by atoms with Crippen molar-refractivity contribution in [3.8, 4) is 0 Å². The number of nitrogens with one attached hydrogen (secondary N) is 2. The second kappa shape index (κ2) is 8.08. The van der Waals surface area contributed by atoms with Crippen molar-refractivity contribution in [3.63, 3.8) is 0 Å². The Kier molecular flexibility index (Phi) is 6.44. The zero-order chi connectivity index (χ0) is 15.8. The minimum absolute atomic E-state index is 0.0568. The van der Waals surface area contributed by atoms with E-state index in [1.54, 1.807) is 0 Å². The lowest BCUT2D eigenvalue weighted by Crippen LogP contribution is -2.49. The van der Waals surface area contributed by atoms with Gasteiger partial charge in [0.15, 0.2) is 0 Å². The molecule has 0 unspecified atom stereocenters. The van der Waals surface area contributed by atoms with Gasteiger partial charge in [-0.25, -0.2) is 9.59 Å². The molecule has 1 saturated heterocycles. The zero-order valence-corrected chi connectivity index (χ0v) is 11.8. The Balaban J connectivity index is 2.53. The fourth-order valence-electron chi connectivity index (χ4n) is 1.83. The maximum absolute atomic E-state index is 12.0. The van der Waals surface area contributed by atoms with Gasteiger partial charge in [0.2, 0.25) is 5.91 Å². The standard InChI is InChI=1S/C12H19N3O6/c1-21-10(17)3-2-8(11(18)19)14-12(20)15-6-4-9(16)13-5-7-15/h8H,2-7H2,1H3,(H,13,16)(H,14,20)(H,18,19)/t8-/m0/s1. The SMILES string of the molecule is COC(=O)CC[C@H](NC(=O)N1CCNC(=O)CC1)C(=O)O. The van der Waals surface area contributed by atoms with Gasteiger partial charge in [0.05, 0.1) is 7.11 Å². The van der Waals surface area contributed by atoms with Gasteiger partial charge in [0.25, 0.3) is 0 Å². The molecule has 1 fully saturated rings. The van der Waals surface area contributed by atoms with Crippen molar-refractivity contribution in [1.82, 2.24) is 15.5 Å². The number of hydrogen-bond acceptors (Lipinski definition) is 5. The summed E-state index contributed by atoms with van der Waals surface area (Å²) in [6.45, 7) is 0.855. The van der Waals surface area contributed by atoms with Crippen molar-refractivity contribution in [2.24, 2.45) is 0 Å². The Hall–Kier alpha value is -2.32. The number of methoxy groups -OCH3 is 1. The molecule has 0 aromatic rings. The van der Waals surface area contributed by atoms with Crippen molar-refractivity contribution in [2.75, 3.05) is 26.7 Å². The lowest BCUT2D eigenvalue weighted by molar-refractivity contribution is -0.142. The summed E-state index contributed by atoms with van der Waals surface area (Å²) in [6.07, 6.45) is 0.0138. The number of amides is 3. The first-order chi connectivity index (χ1) is 9.93. The summed E-state index contributed by atoms with van der Waals surface area (Å²) in [6, 6.07) is -1.74. The first kappa shape index (κ1) is 16.7. The van der Waals surface area contributed by atoms with Gasteiger partial charge in [0.1, 0.15) is 6.04 Å². The topological polar surface area (TPSA) is 125 Å². The minimum atomic E-state index is -1.23. The van der Waals surface area contributed by atoms with Crippen LogP contribution < -0.4 is 10.6 Å². The fourth-order valence-corrected chi connectivity index (χ4v) is 1.83. The number of nitrogens with zero attached hydrogens (tertiary/aromatic N) is 1. The molecule has 1 atom stereocenters. The zero-order valence-electron chi connectivity index (χ0n) is 11.8. The highest BCUT2D eigenvalue weighted by atomic mass is 16.5. The van der Waals surface area contributed by atoms with E-state index in [9.17, 15) is 19.2 Å². The summed E-state index contributed by atoms with van der Waals surface area (Å²) in [4.78, 5) is 46.6. The van der Waals surface area contributed by atoms with Gasteiger partial charge in [-0.2, -0.15) is 0 Å². The van der Waals surface area contributed by atoms with Gasteiger partial charge in [-0.05, 0) is 6.42 Å². The van der Waals surface area contributed by atoms with Crippen LogP contribution in [-0.4, -0.2) is 66.7 Å². The number of rotatable bonds is 5. The summed E-state index contributed by atoms with van der Waals surface area (Å²) in [5, 5.41) is 14.0. The number of carbonyl (C=O) groups excluding carboxylic acids is 3. The lowest BCUT2D eigenvalue weighted by Gasteiger charge is -2.23. The molecule has 3 amide bonds. The number of hydrogen-bond donors (Lipinski definition) is 3. The second-order valence-corrected chi connectivity index (χ2v) is 4.54. The van der Waals surface area contributed by atoms with Gasteiger partial charge < -0.3 is 25.4 Å². The van der Waals surface area contributed by atoms with E-state index in [2.05, 4.69) is 15.4 Å². The van der Waals surface area contributed by atoms with Gasteiger partial charge in [-0.3, -0.25) is 9.59 Å². The number of carboxylic acid groups (broad SMARTS) is 1. The van der Waals surface area contributed by atoms with Crippen LogP contribution >= 0.6 is 0 Å². The molecule has 0 aromatic carbocycles. The molecule has 21 heavy (non-hydrogen) atoms. The predicted molar refractivity (Wildman–Crippen MR) is 70.4 cm³/mol. The van der Waals surface area contributed by atoms with Crippen molar-refractivity contribution in [3.05, 3.63) is 0 Å². The molecule has 3 N–H and O–H groups in total. The van der Waals surface area contributed by atoms with E-state index < -0.39 is 24.0 Å². The van der Waals surface area contributed by atoms with Crippen LogP contribution in [0.25, 0.3) is 0 Å². The molecule has 0 spiro atoms. The normalized spacial score (nSPS) is 16.4. The van der Waals surface area contributed by atoms with Gasteiger partial charge in [0, 0.05) is 32.5 Å². The summed E-state index contributed by atoms with van der Waals surface area (Å²) in [7, 11) is 1.21. The van der Waals surface area contributed by atoms with E-state index in [1.807, 2.05) is 0 Å². The number of carboxylic acids is 1. The summed E-state index contributed by atoms with van der Waals surface area (Å²) in [5.74, 6) is -1.91. The lowest BCUT2D eigenvalue weighted by atomic mass is 10.1. The molecule has 0 aromatic heterocycles. The highest BCUT2D eigenvalue weighted by molar-refractivity contribution is 5.84. The average molecular weight is 301 g/mol. The Bertz CT molecular complexity index is 425. The molecule has 118 valence electrons. The monoisotopic (exact) mass is 301 g/mol. The number of esters is 1. The molecular formula is C12H19N3O6. The number of ether oxygens (including phenoxy) is 1. The van der Waals surface area contributed by atoms with Gasteiger partial charge in [-0.1, -0.05) is 0 Å². The minimum Gasteiger partial charge on any atom is -0.480 e. The van der Waals surface area contributed by atoms with E-state index in [4.69, 9.17) is 5.11 Å². The molecular weight excluding hydrogens is 282 g/mol. The molecule has 9 nitrogen and oxygen atoms in total. The van der Waals surface area contributed by atoms with Gasteiger partial charge >= 0.3 is 18.0 Å². The molecule has 1 heterocycles. The van der Waals surface area contributed by atoms with Crippen molar-refractivity contribution in [1.29, 1.82) is 0 Å². The van der Waals surface area contributed by atoms with E-state index in [0.717, 1.165) is 0 Å². The third-order valence-corrected chi connectivity index (χ3v) is 3.06. The Morgan fingerprint density at radius 2 is 2.14 bits per heavy atom. The first-order valence-corrected chi connectivity index (χ1v) is 6.55. The van der Waals surface area contributed by atoms with E-state index in [1.165, 1.54) is 12.0 Å². The predicted octanol–water partition coefficient (Wildman–Crippen LogP) is -1.08. The van der Waals surface area contributed by atoms with Crippen LogP contribution in [0.1, 0.15) is 19.3 Å². The van der Waals surface area contributed by atoms with Crippen LogP contribution in [-0.2, 0) is 19.1 Å². The van der Waals surface area contributed by atoms with Crippen LogP contribution in [0, 0.1) is 0 Å². The summed E-state index contributed by atoms with van der Waals surface area (Å²) in [5.41, 5.74) is 0. The molecule has 1 rings (SSSR count). The number of carbonyl (C=O) groups is 4. The van der Waals surface area contributed by atoms with E-state index in [0.29, 0.717) is 13.1 Å². The first-order valence-electron chi connectivity index (χ1n) is 6.55. The smallest absolute Gasteiger partial charge is 0.326 e. The number of urea groups is 1. The summed E-state index contributed by atoms with van der Waals surface area (Å²) < 4.78 is 4.43. The molecule has 1 aliphatic heterocycles. The van der Waals surface area contributed by atoms with Crippen molar-refractivity contribution < 1.29 is 29.0 Å². The second-order valence-electron chi connectivity index (χ2n) is 4.54. The van der Waals surface area contributed by atoms with Crippen LogP contribution in [0.2, 0.25) is 0 Å². The maximum atomic E-state index is 12.0. The Labute approximate surface area is 121 Å². The maximum Gasteiger partial charge on any atom is 0.326 e. The molecule has 0 saturated carbocycles. The molecule has 0 aliphatic carbocycles. The Morgan fingerprint density at radius 3 is 2.76 bits per heavy atom. The van der Waals surface area contributed by atoms with Gasteiger partial charge in [-0.15, -0.1) is 0 Å². The van der Waals surface area contributed by atoms with Crippen LogP contribution in [0.4, 0.5) is 4.79 Å². The van der Waals surface area contributed by atoms with Crippen LogP contribution in [0.5, 0.6) is 0 Å². The van der Waals surface area contributed by atoms with Crippen molar-refractivity contribution >= 4 is 23.9 Å². The average Bonchev–Trinajstić information content (AvgIpc) is 2.67. The molecule has 0 bridgehead atoms. The fraction of sp³-hybridized carbons (Fsp3) is 0.667. The molecule has 9 heteroatoms. The Morgan fingerprint density at radius 1 is 1.43 bits per heavy atom. The van der Waals surface area contributed by atoms with Crippen molar-refractivity contribution in [2.45, 2.75) is 25.3 Å². The number of aliphatic carboxylic acids is 1. The molecule has 0 radical (unpaired) electrons. The van der Waals surface area contributed by atoms with Crippen LogP contribution in [0.3, 0.4) is 0 Å². The third kappa shape index (κ3) is 5.67. The molecule has 1 aliphatic rings. The highest BCUT2D eigenvalue weighted by Crippen LogP contribution is 2.03. The van der Waals surface area contributed by atoms with E-state index in [-0.39, 0.29) is 31.7 Å².